The number of anilines is 1. The zero-order chi connectivity index (χ0) is 15.5. The molecule has 1 aromatic carbocycles. The fraction of sp³-hybridized carbons (Fsp3) is 0.357. The standard InChI is InChI=1S/C14H20N4O2S/c1-11-5-3-6-13(9-11)18(8-4-7-15)21(19,20)14-10-16-12(2)17-14/h3,5-6,9-10H,4,7-8,15H2,1-2H3,(H,16,17). The van der Waals surface area contributed by atoms with Crippen LogP contribution in [-0.2, 0) is 10.0 Å². The van der Waals surface area contributed by atoms with Crippen LogP contribution in [0.3, 0.4) is 0 Å². The van der Waals surface area contributed by atoms with Gasteiger partial charge < -0.3 is 10.7 Å². The Morgan fingerprint density at radius 2 is 2.10 bits per heavy atom. The van der Waals surface area contributed by atoms with Gasteiger partial charge in [0, 0.05) is 6.54 Å². The third-order valence-corrected chi connectivity index (χ3v) is 4.84. The van der Waals surface area contributed by atoms with Crippen molar-refractivity contribution in [3.05, 3.63) is 41.9 Å². The number of nitrogens with two attached hydrogens (primary N) is 1. The molecule has 0 saturated heterocycles. The van der Waals surface area contributed by atoms with Crippen LogP contribution < -0.4 is 10.0 Å². The minimum Gasteiger partial charge on any atom is -0.332 e. The van der Waals surface area contributed by atoms with Gasteiger partial charge in [-0.25, -0.2) is 4.98 Å². The normalized spacial score (nSPS) is 11.6. The lowest BCUT2D eigenvalue weighted by Gasteiger charge is -2.23. The zero-order valence-corrected chi connectivity index (χ0v) is 13.0. The predicted octanol–water partition coefficient (Wildman–Crippen LogP) is 1.57. The van der Waals surface area contributed by atoms with E-state index in [2.05, 4.69) is 9.97 Å². The van der Waals surface area contributed by atoms with Crippen LogP contribution in [-0.4, -0.2) is 31.5 Å². The molecule has 0 spiro atoms. The summed E-state index contributed by atoms with van der Waals surface area (Å²) in [4.78, 5) is 6.76. The number of aryl methyl sites for hydroxylation is 2. The van der Waals surface area contributed by atoms with E-state index < -0.39 is 10.0 Å². The quantitative estimate of drug-likeness (QED) is 0.847. The van der Waals surface area contributed by atoms with E-state index >= 15 is 0 Å². The lowest BCUT2D eigenvalue weighted by molar-refractivity contribution is 0.586. The van der Waals surface area contributed by atoms with Crippen molar-refractivity contribution in [1.82, 2.24) is 9.97 Å². The molecule has 0 bridgehead atoms. The molecule has 0 aliphatic carbocycles. The number of benzene rings is 1. The van der Waals surface area contributed by atoms with Gasteiger partial charge in [-0.1, -0.05) is 12.1 Å². The summed E-state index contributed by atoms with van der Waals surface area (Å²) in [6, 6.07) is 7.40. The Balaban J connectivity index is 2.44. The Hall–Kier alpha value is -1.86. The van der Waals surface area contributed by atoms with Gasteiger partial charge in [-0.05, 0) is 44.5 Å². The van der Waals surface area contributed by atoms with Crippen molar-refractivity contribution in [2.24, 2.45) is 5.73 Å². The first-order valence-corrected chi connectivity index (χ1v) is 8.20. The van der Waals surface area contributed by atoms with Crippen LogP contribution in [0.25, 0.3) is 0 Å². The fourth-order valence-corrected chi connectivity index (χ4v) is 3.51. The molecule has 3 N–H and O–H groups in total. The lowest BCUT2D eigenvalue weighted by Crippen LogP contribution is -2.33. The van der Waals surface area contributed by atoms with Gasteiger partial charge in [0.15, 0.2) is 5.03 Å². The van der Waals surface area contributed by atoms with E-state index in [4.69, 9.17) is 5.73 Å². The lowest BCUT2D eigenvalue weighted by atomic mass is 10.2. The first-order valence-electron chi connectivity index (χ1n) is 6.76. The third-order valence-electron chi connectivity index (χ3n) is 3.10. The van der Waals surface area contributed by atoms with Gasteiger partial charge >= 0.3 is 0 Å². The molecule has 2 aromatic rings. The van der Waals surface area contributed by atoms with Crippen LogP contribution >= 0.6 is 0 Å². The molecule has 6 nitrogen and oxygen atoms in total. The Kier molecular flexibility index (Phi) is 4.64. The third kappa shape index (κ3) is 3.43. The van der Waals surface area contributed by atoms with Gasteiger partial charge in [-0.15, -0.1) is 0 Å². The molecule has 0 radical (unpaired) electrons. The van der Waals surface area contributed by atoms with Crippen LogP contribution in [0.15, 0.2) is 35.5 Å². The van der Waals surface area contributed by atoms with Crippen molar-refractivity contribution >= 4 is 15.7 Å². The van der Waals surface area contributed by atoms with Gasteiger partial charge in [-0.3, -0.25) is 4.31 Å². The van der Waals surface area contributed by atoms with Crippen molar-refractivity contribution in [2.45, 2.75) is 25.3 Å². The average molecular weight is 308 g/mol. The largest absolute Gasteiger partial charge is 0.332 e. The number of H-pyrrole nitrogens is 1. The summed E-state index contributed by atoms with van der Waals surface area (Å²) in [6.07, 6.45) is 1.93. The number of hydrogen-bond acceptors (Lipinski definition) is 4. The molecule has 0 amide bonds. The number of imidazole rings is 1. The van der Waals surface area contributed by atoms with E-state index in [1.807, 2.05) is 25.1 Å². The maximum atomic E-state index is 12.8. The predicted molar refractivity (Wildman–Crippen MR) is 82.7 cm³/mol. The van der Waals surface area contributed by atoms with Crippen molar-refractivity contribution in [1.29, 1.82) is 0 Å². The van der Waals surface area contributed by atoms with Crippen molar-refractivity contribution in [3.8, 4) is 0 Å². The Morgan fingerprint density at radius 3 is 2.67 bits per heavy atom. The molecule has 0 fully saturated rings. The molecule has 0 atom stereocenters. The number of sulfonamides is 1. The van der Waals surface area contributed by atoms with Crippen LogP contribution in [0.1, 0.15) is 17.8 Å². The summed E-state index contributed by atoms with van der Waals surface area (Å²) in [7, 11) is -3.66. The second kappa shape index (κ2) is 6.28. The van der Waals surface area contributed by atoms with Gasteiger partial charge in [0.2, 0.25) is 0 Å². The van der Waals surface area contributed by atoms with E-state index in [0.717, 1.165) is 5.56 Å². The number of aromatic nitrogens is 2. The van der Waals surface area contributed by atoms with E-state index in [-0.39, 0.29) is 5.03 Å². The zero-order valence-electron chi connectivity index (χ0n) is 12.2. The molecule has 114 valence electrons. The molecular formula is C14H20N4O2S. The number of rotatable bonds is 6. The summed E-state index contributed by atoms with van der Waals surface area (Å²) in [5.74, 6) is 0.566. The topological polar surface area (TPSA) is 92.1 Å². The highest BCUT2D eigenvalue weighted by atomic mass is 32.2. The Labute approximate surface area is 125 Å². The molecule has 0 aliphatic heterocycles. The Morgan fingerprint density at radius 1 is 1.33 bits per heavy atom. The minimum absolute atomic E-state index is 0.0959. The van der Waals surface area contributed by atoms with Crippen LogP contribution in [0.2, 0.25) is 0 Å². The van der Waals surface area contributed by atoms with Gasteiger partial charge in [0.1, 0.15) is 5.82 Å². The van der Waals surface area contributed by atoms with Crippen LogP contribution in [0.5, 0.6) is 0 Å². The summed E-state index contributed by atoms with van der Waals surface area (Å²) >= 11 is 0. The SMILES string of the molecule is Cc1cccc(N(CCCN)S(=O)(=O)c2cnc(C)[nH]2)c1. The van der Waals surface area contributed by atoms with Gasteiger partial charge in [0.05, 0.1) is 11.9 Å². The second-order valence-electron chi connectivity index (χ2n) is 4.89. The molecule has 0 saturated carbocycles. The molecule has 0 unspecified atom stereocenters. The number of aromatic amines is 1. The molecule has 7 heteroatoms. The van der Waals surface area contributed by atoms with Gasteiger partial charge in [-0.2, -0.15) is 8.42 Å². The molecule has 0 aliphatic rings. The maximum Gasteiger partial charge on any atom is 0.281 e. The van der Waals surface area contributed by atoms with E-state index in [9.17, 15) is 8.42 Å². The van der Waals surface area contributed by atoms with Crippen molar-refractivity contribution in [2.75, 3.05) is 17.4 Å². The molecule has 21 heavy (non-hydrogen) atoms. The van der Waals surface area contributed by atoms with E-state index in [1.54, 1.807) is 13.0 Å². The summed E-state index contributed by atoms with van der Waals surface area (Å²) in [5.41, 5.74) is 7.17. The monoisotopic (exact) mass is 308 g/mol. The van der Waals surface area contributed by atoms with Crippen molar-refractivity contribution < 1.29 is 8.42 Å². The number of nitrogens with zero attached hydrogens (tertiary/aromatic N) is 2. The number of nitrogens with one attached hydrogen (secondary N) is 1. The highest BCUT2D eigenvalue weighted by Crippen LogP contribution is 2.23. The Bertz CT molecular complexity index is 709. The van der Waals surface area contributed by atoms with E-state index in [1.165, 1.54) is 10.5 Å². The highest BCUT2D eigenvalue weighted by Gasteiger charge is 2.26. The fourth-order valence-electron chi connectivity index (χ4n) is 2.05. The van der Waals surface area contributed by atoms with Crippen molar-refractivity contribution in [3.63, 3.8) is 0 Å². The molecule has 2 rings (SSSR count). The summed E-state index contributed by atoms with van der Waals surface area (Å²) < 4.78 is 26.9. The summed E-state index contributed by atoms with van der Waals surface area (Å²) in [6.45, 7) is 4.41. The maximum absolute atomic E-state index is 12.8. The smallest absolute Gasteiger partial charge is 0.281 e. The molecular weight excluding hydrogens is 288 g/mol. The average Bonchev–Trinajstić information content (AvgIpc) is 2.86. The first kappa shape index (κ1) is 15.5. The first-order chi connectivity index (χ1) is 9.95. The van der Waals surface area contributed by atoms with Crippen LogP contribution in [0, 0.1) is 13.8 Å². The summed E-state index contributed by atoms with van der Waals surface area (Å²) in [5, 5.41) is 0.0959. The second-order valence-corrected chi connectivity index (χ2v) is 6.72. The van der Waals surface area contributed by atoms with E-state index in [0.29, 0.717) is 31.0 Å². The molecule has 1 aromatic heterocycles. The molecule has 1 heterocycles. The number of hydrogen-bond donors (Lipinski definition) is 2. The van der Waals surface area contributed by atoms with Gasteiger partial charge in [0.25, 0.3) is 10.0 Å². The highest BCUT2D eigenvalue weighted by molar-refractivity contribution is 7.92. The minimum atomic E-state index is -3.66. The van der Waals surface area contributed by atoms with Crippen LogP contribution in [0.4, 0.5) is 5.69 Å².